The Balaban J connectivity index is 1.92. The first-order chi connectivity index (χ1) is 13.5. The number of esters is 1. The van der Waals surface area contributed by atoms with Gasteiger partial charge in [0.25, 0.3) is 0 Å². The quantitative estimate of drug-likeness (QED) is 0.390. The molecule has 0 radical (unpaired) electrons. The monoisotopic (exact) mass is 430 g/mol. The van der Waals surface area contributed by atoms with Crippen molar-refractivity contribution in [3.63, 3.8) is 0 Å². The van der Waals surface area contributed by atoms with Crippen molar-refractivity contribution in [3.8, 4) is 0 Å². The molecule has 0 bridgehead atoms. The summed E-state index contributed by atoms with van der Waals surface area (Å²) in [5.74, 6) is -0.0505. The summed E-state index contributed by atoms with van der Waals surface area (Å²) in [7, 11) is 0. The van der Waals surface area contributed by atoms with Gasteiger partial charge in [0.05, 0.1) is 12.7 Å². The summed E-state index contributed by atoms with van der Waals surface area (Å²) in [5.41, 5.74) is -2.16. The number of ketones is 1. The first-order valence-corrected chi connectivity index (χ1v) is 12.0. The molecule has 2 aliphatic rings. The van der Waals surface area contributed by atoms with Crippen LogP contribution in [0, 0.1) is 17.3 Å². The van der Waals surface area contributed by atoms with Crippen LogP contribution in [0.5, 0.6) is 0 Å². The molecule has 7 heteroatoms. The van der Waals surface area contributed by atoms with Crippen molar-refractivity contribution < 1.29 is 26.9 Å². The molecule has 0 N–H and O–H groups in total. The topological polar surface area (TPSA) is 78.9 Å². The van der Waals surface area contributed by atoms with E-state index in [0.29, 0.717) is 5.92 Å². The number of ether oxygens (including phenoxy) is 1. The Bertz CT molecular complexity index is 590. The summed E-state index contributed by atoms with van der Waals surface area (Å²) in [5, 5.41) is 0. The highest BCUT2D eigenvalue weighted by atomic mass is 32.2. The lowest BCUT2D eigenvalue weighted by Gasteiger charge is -2.38. The number of hydrogen-bond acceptors (Lipinski definition) is 6. The minimum Gasteiger partial charge on any atom is -0.459 e. The molecule has 0 saturated heterocycles. The molecular formula is C22H38O6S. The molecule has 0 aromatic carbocycles. The zero-order valence-corrected chi connectivity index (χ0v) is 19.5. The summed E-state index contributed by atoms with van der Waals surface area (Å²) < 4.78 is 28.8. The smallest absolute Gasteiger partial charge is 0.322 e. The molecular weight excluding hydrogens is 392 g/mol. The molecule has 168 valence electrons. The first-order valence-electron chi connectivity index (χ1n) is 11.0. The second kappa shape index (κ2) is 10.5. The standard InChI is InChI=1S/C22H38O6S/c1-16-11-13-19(14-12-16)28-29(25)26-15-22(5,17(2)23)20(24)27-21(3,4)18-9-7-6-8-10-18/h16,18-19H,6-15H2,1-5H3. The van der Waals surface area contributed by atoms with Crippen molar-refractivity contribution in [3.05, 3.63) is 0 Å². The lowest BCUT2D eigenvalue weighted by molar-refractivity contribution is -0.178. The number of carbonyl (C=O) groups excluding carboxylic acids is 2. The first kappa shape index (κ1) is 24.5. The highest BCUT2D eigenvalue weighted by Crippen LogP contribution is 2.36. The van der Waals surface area contributed by atoms with Crippen molar-refractivity contribution in [1.29, 1.82) is 0 Å². The van der Waals surface area contributed by atoms with E-state index in [4.69, 9.17) is 13.1 Å². The van der Waals surface area contributed by atoms with E-state index in [9.17, 15) is 13.8 Å². The molecule has 2 saturated carbocycles. The molecule has 6 nitrogen and oxygen atoms in total. The van der Waals surface area contributed by atoms with E-state index in [2.05, 4.69) is 6.92 Å². The van der Waals surface area contributed by atoms with Crippen molar-refractivity contribution in [2.24, 2.45) is 17.3 Å². The molecule has 2 aliphatic carbocycles. The van der Waals surface area contributed by atoms with E-state index in [1.165, 1.54) is 20.3 Å². The third-order valence-electron chi connectivity index (χ3n) is 6.79. The zero-order chi connectivity index (χ0) is 21.7. The lowest BCUT2D eigenvalue weighted by atomic mass is 9.78. The summed E-state index contributed by atoms with van der Waals surface area (Å²) in [4.78, 5) is 25.2. The molecule has 2 fully saturated rings. The Morgan fingerprint density at radius 2 is 1.55 bits per heavy atom. The summed E-state index contributed by atoms with van der Waals surface area (Å²) >= 11 is -2.00. The Morgan fingerprint density at radius 3 is 2.10 bits per heavy atom. The third kappa shape index (κ3) is 6.86. The van der Waals surface area contributed by atoms with Gasteiger partial charge in [0.1, 0.15) is 16.8 Å². The van der Waals surface area contributed by atoms with E-state index in [-0.39, 0.29) is 24.4 Å². The van der Waals surface area contributed by atoms with Crippen LogP contribution in [0.3, 0.4) is 0 Å². The summed E-state index contributed by atoms with van der Waals surface area (Å²) in [6.45, 7) is 8.53. The van der Waals surface area contributed by atoms with Gasteiger partial charge >= 0.3 is 17.3 Å². The highest BCUT2D eigenvalue weighted by Gasteiger charge is 2.45. The van der Waals surface area contributed by atoms with Gasteiger partial charge in [-0.3, -0.25) is 18.0 Å². The van der Waals surface area contributed by atoms with Gasteiger partial charge in [0.15, 0.2) is 0 Å². The Labute approximate surface area is 178 Å². The van der Waals surface area contributed by atoms with Crippen LogP contribution in [0.4, 0.5) is 0 Å². The van der Waals surface area contributed by atoms with Crippen molar-refractivity contribution >= 4 is 23.1 Å². The maximum absolute atomic E-state index is 12.9. The fraction of sp³-hybridized carbons (Fsp3) is 0.909. The largest absolute Gasteiger partial charge is 0.459 e. The number of Topliss-reactive ketones (excluding diaryl/α,β-unsaturated/α-hetero) is 1. The van der Waals surface area contributed by atoms with Crippen LogP contribution < -0.4 is 0 Å². The molecule has 0 spiro atoms. The van der Waals surface area contributed by atoms with Gasteiger partial charge in [-0.2, -0.15) is 4.21 Å². The van der Waals surface area contributed by atoms with Crippen LogP contribution in [0.15, 0.2) is 0 Å². The van der Waals surface area contributed by atoms with Gasteiger partial charge < -0.3 is 4.74 Å². The predicted octanol–water partition coefficient (Wildman–Crippen LogP) is 4.67. The van der Waals surface area contributed by atoms with Gasteiger partial charge in [-0.1, -0.05) is 26.2 Å². The van der Waals surface area contributed by atoms with E-state index in [1.807, 2.05) is 13.8 Å². The number of carbonyl (C=O) groups is 2. The van der Waals surface area contributed by atoms with Crippen molar-refractivity contribution in [2.45, 2.75) is 104 Å². The fourth-order valence-corrected chi connectivity index (χ4v) is 4.97. The molecule has 0 heterocycles. The Morgan fingerprint density at radius 1 is 0.966 bits per heavy atom. The van der Waals surface area contributed by atoms with Crippen LogP contribution in [-0.4, -0.2) is 34.3 Å². The average Bonchev–Trinajstić information content (AvgIpc) is 2.68. The SMILES string of the molecule is CC(=O)C(C)(COS(=O)OC1CCC(C)CC1)C(=O)OC(C)(C)C1CCCCC1. The summed E-state index contributed by atoms with van der Waals surface area (Å²) in [6.07, 6.45) is 9.18. The summed E-state index contributed by atoms with van der Waals surface area (Å²) in [6, 6.07) is 0. The fourth-order valence-electron chi connectivity index (χ4n) is 4.17. The van der Waals surface area contributed by atoms with Gasteiger partial charge in [-0.25, -0.2) is 0 Å². The number of hydrogen-bond donors (Lipinski definition) is 0. The molecule has 29 heavy (non-hydrogen) atoms. The maximum atomic E-state index is 12.9. The van der Waals surface area contributed by atoms with Gasteiger partial charge in [-0.15, -0.1) is 0 Å². The zero-order valence-electron chi connectivity index (χ0n) is 18.7. The third-order valence-corrected chi connectivity index (χ3v) is 7.53. The van der Waals surface area contributed by atoms with Crippen LogP contribution >= 0.6 is 0 Å². The average molecular weight is 431 g/mol. The number of rotatable bonds is 9. The van der Waals surface area contributed by atoms with E-state index in [1.54, 1.807) is 0 Å². The normalized spacial score (nSPS) is 27.1. The molecule has 0 aliphatic heterocycles. The highest BCUT2D eigenvalue weighted by molar-refractivity contribution is 7.75. The van der Waals surface area contributed by atoms with Crippen molar-refractivity contribution in [2.75, 3.05) is 6.61 Å². The van der Waals surface area contributed by atoms with E-state index in [0.717, 1.165) is 51.4 Å². The minimum absolute atomic E-state index is 0.104. The van der Waals surface area contributed by atoms with Crippen LogP contribution in [-0.2, 0) is 34.1 Å². The molecule has 2 rings (SSSR count). The molecule has 0 amide bonds. The molecule has 2 unspecified atom stereocenters. The van der Waals surface area contributed by atoms with E-state index < -0.39 is 28.3 Å². The van der Waals surface area contributed by atoms with Crippen LogP contribution in [0.2, 0.25) is 0 Å². The maximum Gasteiger partial charge on any atom is 0.322 e. The van der Waals surface area contributed by atoms with E-state index >= 15 is 0 Å². The lowest BCUT2D eigenvalue weighted by Crippen LogP contribution is -2.47. The van der Waals surface area contributed by atoms with Crippen LogP contribution in [0.1, 0.15) is 92.4 Å². The second-order valence-electron chi connectivity index (χ2n) is 9.66. The van der Waals surface area contributed by atoms with Gasteiger partial charge in [0, 0.05) is 0 Å². The molecule has 0 aromatic rings. The molecule has 0 aromatic heterocycles. The Hall–Kier alpha value is -0.790. The van der Waals surface area contributed by atoms with Crippen molar-refractivity contribution in [1.82, 2.24) is 0 Å². The van der Waals surface area contributed by atoms with Crippen LogP contribution in [0.25, 0.3) is 0 Å². The van der Waals surface area contributed by atoms with Gasteiger partial charge in [-0.05, 0) is 78.1 Å². The Kier molecular flexibility index (Phi) is 8.86. The minimum atomic E-state index is -2.00. The van der Waals surface area contributed by atoms with Gasteiger partial charge in [0.2, 0.25) is 0 Å². The molecule has 2 atom stereocenters. The predicted molar refractivity (Wildman–Crippen MR) is 112 cm³/mol. The second-order valence-corrected chi connectivity index (χ2v) is 10.5.